The number of halogens is 1. The average molecular weight is 458 g/mol. The molecule has 0 atom stereocenters. The fourth-order valence-electron chi connectivity index (χ4n) is 3.06. The van der Waals surface area contributed by atoms with Crippen LogP contribution in [-0.2, 0) is 4.74 Å². The molecule has 0 radical (unpaired) electrons. The van der Waals surface area contributed by atoms with Crippen LogP contribution in [-0.4, -0.2) is 29.2 Å². The molecule has 1 aromatic heterocycles. The predicted octanol–water partition coefficient (Wildman–Crippen LogP) is 5.62. The van der Waals surface area contributed by atoms with Gasteiger partial charge in [0.2, 0.25) is 0 Å². The van der Waals surface area contributed by atoms with Crippen LogP contribution < -0.4 is 0 Å². The predicted molar refractivity (Wildman–Crippen MR) is 116 cm³/mol. The van der Waals surface area contributed by atoms with Crippen LogP contribution >= 0.6 is 27.7 Å². The Morgan fingerprint density at radius 3 is 2.29 bits per heavy atom. The highest BCUT2D eigenvalue weighted by atomic mass is 79.9. The van der Waals surface area contributed by atoms with Gasteiger partial charge < -0.3 is 9.30 Å². The molecule has 3 rings (SSSR count). The number of ether oxygens (including phenoxy) is 1. The van der Waals surface area contributed by atoms with E-state index in [0.29, 0.717) is 11.3 Å². The van der Waals surface area contributed by atoms with Crippen molar-refractivity contribution < 1.29 is 14.3 Å². The SMILES string of the molecule is COC(=O)c1ccc(-n2c(C)cc(C(=O)CSc3ccc(Br)cc3)c2C)cc1. The van der Waals surface area contributed by atoms with Crippen LogP contribution in [0.5, 0.6) is 0 Å². The molecule has 0 aliphatic rings. The standard InChI is InChI=1S/C22H20BrNO3S/c1-14-12-20(21(25)13-28-19-10-6-17(23)7-11-19)15(2)24(14)18-8-4-16(5-9-18)22(26)27-3/h4-12H,13H2,1-3H3. The highest BCUT2D eigenvalue weighted by Crippen LogP contribution is 2.25. The van der Waals surface area contributed by atoms with Gasteiger partial charge in [-0.25, -0.2) is 4.79 Å². The van der Waals surface area contributed by atoms with E-state index in [1.54, 1.807) is 12.1 Å². The van der Waals surface area contributed by atoms with E-state index in [1.165, 1.54) is 18.9 Å². The molecule has 0 fully saturated rings. The number of carbonyl (C=O) groups excluding carboxylic acids is 2. The van der Waals surface area contributed by atoms with E-state index in [4.69, 9.17) is 4.74 Å². The van der Waals surface area contributed by atoms with E-state index in [2.05, 4.69) is 15.9 Å². The van der Waals surface area contributed by atoms with Crippen molar-refractivity contribution in [3.05, 3.63) is 81.6 Å². The summed E-state index contributed by atoms with van der Waals surface area (Å²) in [6.07, 6.45) is 0. The van der Waals surface area contributed by atoms with E-state index < -0.39 is 0 Å². The second-order valence-corrected chi connectivity index (χ2v) is 8.29. The first-order valence-corrected chi connectivity index (χ1v) is 10.5. The van der Waals surface area contributed by atoms with Gasteiger partial charge in [-0.2, -0.15) is 0 Å². The summed E-state index contributed by atoms with van der Waals surface area (Å²) in [5.74, 6) is 0.111. The normalized spacial score (nSPS) is 10.7. The molecule has 144 valence electrons. The average Bonchev–Trinajstić information content (AvgIpc) is 3.01. The molecule has 1 heterocycles. The Bertz CT molecular complexity index is 1010. The minimum absolute atomic E-state index is 0.0958. The highest BCUT2D eigenvalue weighted by Gasteiger charge is 2.17. The van der Waals surface area contributed by atoms with Gasteiger partial charge in [0.25, 0.3) is 0 Å². The van der Waals surface area contributed by atoms with Gasteiger partial charge in [0.15, 0.2) is 5.78 Å². The van der Waals surface area contributed by atoms with Gasteiger partial charge in [-0.15, -0.1) is 11.8 Å². The fraction of sp³-hybridized carbons (Fsp3) is 0.182. The van der Waals surface area contributed by atoms with Crippen LogP contribution in [0.1, 0.15) is 32.1 Å². The number of rotatable bonds is 6. The fourth-order valence-corrected chi connectivity index (χ4v) is 4.11. The van der Waals surface area contributed by atoms with Crippen molar-refractivity contribution in [1.29, 1.82) is 0 Å². The molecule has 4 nitrogen and oxygen atoms in total. The van der Waals surface area contributed by atoms with Crippen molar-refractivity contribution in [1.82, 2.24) is 4.57 Å². The number of aromatic nitrogens is 1. The first-order valence-electron chi connectivity index (χ1n) is 8.70. The number of aryl methyl sites for hydroxylation is 1. The van der Waals surface area contributed by atoms with E-state index in [-0.39, 0.29) is 11.8 Å². The topological polar surface area (TPSA) is 48.3 Å². The largest absolute Gasteiger partial charge is 0.465 e. The lowest BCUT2D eigenvalue weighted by atomic mass is 10.2. The van der Waals surface area contributed by atoms with Crippen molar-refractivity contribution in [3.63, 3.8) is 0 Å². The number of methoxy groups -OCH3 is 1. The Labute approximate surface area is 177 Å². The lowest BCUT2D eigenvalue weighted by Gasteiger charge is -2.10. The Morgan fingerprint density at radius 2 is 1.68 bits per heavy atom. The zero-order valence-electron chi connectivity index (χ0n) is 15.9. The third kappa shape index (κ3) is 4.39. The maximum absolute atomic E-state index is 12.8. The summed E-state index contributed by atoms with van der Waals surface area (Å²) in [4.78, 5) is 25.5. The van der Waals surface area contributed by atoms with Crippen LogP contribution in [0.2, 0.25) is 0 Å². The molecule has 0 aliphatic carbocycles. The molecule has 6 heteroatoms. The Kier molecular flexibility index (Phi) is 6.42. The number of nitrogens with zero attached hydrogens (tertiary/aromatic N) is 1. The molecular weight excluding hydrogens is 438 g/mol. The Morgan fingerprint density at radius 1 is 1.04 bits per heavy atom. The van der Waals surface area contributed by atoms with Crippen molar-refractivity contribution in [2.24, 2.45) is 0 Å². The third-order valence-corrected chi connectivity index (χ3v) is 6.00. The summed E-state index contributed by atoms with van der Waals surface area (Å²) in [6.45, 7) is 3.92. The maximum Gasteiger partial charge on any atom is 0.337 e. The van der Waals surface area contributed by atoms with Crippen molar-refractivity contribution in [2.75, 3.05) is 12.9 Å². The van der Waals surface area contributed by atoms with E-state index in [0.717, 1.165) is 32.0 Å². The van der Waals surface area contributed by atoms with Crippen LogP contribution in [0.4, 0.5) is 0 Å². The first-order chi connectivity index (χ1) is 13.4. The Balaban J connectivity index is 1.80. The molecule has 0 saturated heterocycles. The number of ketones is 1. The quantitative estimate of drug-likeness (QED) is 0.273. The van der Waals surface area contributed by atoms with Gasteiger partial charge >= 0.3 is 5.97 Å². The molecule has 28 heavy (non-hydrogen) atoms. The number of hydrogen-bond acceptors (Lipinski definition) is 4. The highest BCUT2D eigenvalue weighted by molar-refractivity contribution is 9.10. The van der Waals surface area contributed by atoms with Gasteiger partial charge in [0.05, 0.1) is 18.4 Å². The number of benzene rings is 2. The zero-order valence-corrected chi connectivity index (χ0v) is 18.3. The van der Waals surface area contributed by atoms with E-state index in [1.807, 2.05) is 60.9 Å². The molecule has 0 saturated carbocycles. The van der Waals surface area contributed by atoms with Gasteiger partial charge in [0.1, 0.15) is 0 Å². The number of carbonyl (C=O) groups is 2. The number of Topliss-reactive ketones (excluding diaryl/α,β-unsaturated/α-hetero) is 1. The summed E-state index contributed by atoms with van der Waals surface area (Å²) >= 11 is 4.94. The molecule has 0 bridgehead atoms. The van der Waals surface area contributed by atoms with Crippen LogP contribution in [0.25, 0.3) is 5.69 Å². The Hall–Kier alpha value is -2.31. The third-order valence-electron chi connectivity index (χ3n) is 4.46. The lowest BCUT2D eigenvalue weighted by molar-refractivity contribution is 0.0600. The van der Waals surface area contributed by atoms with Gasteiger partial charge in [-0.1, -0.05) is 15.9 Å². The molecule has 2 aromatic carbocycles. The zero-order chi connectivity index (χ0) is 20.3. The molecule has 0 aliphatic heterocycles. The van der Waals surface area contributed by atoms with Gasteiger partial charge in [-0.05, 0) is 68.4 Å². The molecule has 0 spiro atoms. The summed E-state index contributed by atoms with van der Waals surface area (Å²) in [6, 6.07) is 17.0. The molecule has 3 aromatic rings. The maximum atomic E-state index is 12.8. The van der Waals surface area contributed by atoms with E-state index in [9.17, 15) is 9.59 Å². The number of esters is 1. The minimum Gasteiger partial charge on any atom is -0.465 e. The summed E-state index contributed by atoms with van der Waals surface area (Å²) < 4.78 is 7.78. The van der Waals surface area contributed by atoms with Crippen LogP contribution in [0.3, 0.4) is 0 Å². The number of thioether (sulfide) groups is 1. The molecular formula is C22H20BrNO3S. The molecule has 0 unspecified atom stereocenters. The van der Waals surface area contributed by atoms with Crippen molar-refractivity contribution in [2.45, 2.75) is 18.7 Å². The van der Waals surface area contributed by atoms with Gasteiger partial charge in [-0.3, -0.25) is 4.79 Å². The summed E-state index contributed by atoms with van der Waals surface area (Å²) in [7, 11) is 1.36. The van der Waals surface area contributed by atoms with Crippen LogP contribution in [0.15, 0.2) is 64.0 Å². The minimum atomic E-state index is -0.367. The second-order valence-electron chi connectivity index (χ2n) is 6.32. The smallest absolute Gasteiger partial charge is 0.337 e. The second kappa shape index (κ2) is 8.80. The van der Waals surface area contributed by atoms with Crippen molar-refractivity contribution >= 4 is 39.4 Å². The molecule has 0 N–H and O–H groups in total. The van der Waals surface area contributed by atoms with Crippen molar-refractivity contribution in [3.8, 4) is 5.69 Å². The van der Waals surface area contributed by atoms with Gasteiger partial charge in [0, 0.05) is 32.0 Å². The van der Waals surface area contributed by atoms with Crippen LogP contribution in [0, 0.1) is 13.8 Å². The summed E-state index contributed by atoms with van der Waals surface area (Å²) in [5, 5.41) is 0. The van der Waals surface area contributed by atoms with E-state index >= 15 is 0 Å². The summed E-state index contributed by atoms with van der Waals surface area (Å²) in [5.41, 5.74) is 3.99. The number of hydrogen-bond donors (Lipinski definition) is 0. The first kappa shape index (κ1) is 20.4. The monoisotopic (exact) mass is 457 g/mol. The molecule has 0 amide bonds. The lowest BCUT2D eigenvalue weighted by Crippen LogP contribution is -2.06.